The first-order valence-corrected chi connectivity index (χ1v) is 12.4. The zero-order chi connectivity index (χ0) is 20.9. The van der Waals surface area contributed by atoms with Gasteiger partial charge in [-0.3, -0.25) is 15.5 Å². The van der Waals surface area contributed by atoms with Crippen molar-refractivity contribution in [3.63, 3.8) is 0 Å². The molecule has 170 valence electrons. The van der Waals surface area contributed by atoms with Gasteiger partial charge in [0.1, 0.15) is 12.3 Å². The second kappa shape index (κ2) is 10.6. The summed E-state index contributed by atoms with van der Waals surface area (Å²) in [4.78, 5) is 17.7. The number of hydrazine groups is 1. The van der Waals surface area contributed by atoms with Crippen LogP contribution >= 0.6 is 11.6 Å². The predicted molar refractivity (Wildman–Crippen MR) is 118 cm³/mol. The fraction of sp³-hybridized carbons (Fsp3) is 0.909. The molecule has 1 heterocycles. The number of guanidine groups is 1. The molecule has 2 unspecified atom stereocenters. The van der Waals surface area contributed by atoms with Gasteiger partial charge in [-0.05, 0) is 70.1 Å². The van der Waals surface area contributed by atoms with E-state index in [0.29, 0.717) is 55.0 Å². The lowest BCUT2D eigenvalue weighted by molar-refractivity contribution is -0.124. The molecule has 4 fully saturated rings. The standard InChI is InChI=1S/C22H37ClFN5O/c23-16-9-5-14(6-10-16)19-13-20(29-28-19)26-22(25-18-3-1-2-4-18)27-21(30)15-7-11-17(24)12-8-15/h14-20,28-29H,1-13H2,(H2,25,26,27,30). The number of aliphatic imine (C=N–C) groups is 1. The van der Waals surface area contributed by atoms with Crippen LogP contribution in [0.4, 0.5) is 4.39 Å². The molecule has 8 heteroatoms. The van der Waals surface area contributed by atoms with E-state index in [1.54, 1.807) is 0 Å². The Hall–Kier alpha value is -0.920. The van der Waals surface area contributed by atoms with Gasteiger partial charge in [0, 0.05) is 29.8 Å². The molecule has 3 saturated carbocycles. The highest BCUT2D eigenvalue weighted by Crippen LogP contribution is 2.32. The van der Waals surface area contributed by atoms with Crippen LogP contribution in [0.5, 0.6) is 0 Å². The maximum atomic E-state index is 13.4. The molecule has 4 aliphatic rings. The smallest absolute Gasteiger partial charge is 0.229 e. The molecule has 0 aromatic carbocycles. The first-order chi connectivity index (χ1) is 14.6. The lowest BCUT2D eigenvalue weighted by atomic mass is 9.83. The largest absolute Gasteiger partial charge is 0.353 e. The van der Waals surface area contributed by atoms with Gasteiger partial charge in [0.15, 0.2) is 5.96 Å². The third kappa shape index (κ3) is 6.07. The molecule has 30 heavy (non-hydrogen) atoms. The number of nitrogens with zero attached hydrogens (tertiary/aromatic N) is 1. The monoisotopic (exact) mass is 441 g/mol. The van der Waals surface area contributed by atoms with E-state index in [1.807, 2.05) is 0 Å². The van der Waals surface area contributed by atoms with Crippen molar-refractivity contribution < 1.29 is 9.18 Å². The molecule has 0 radical (unpaired) electrons. The maximum absolute atomic E-state index is 13.4. The zero-order valence-electron chi connectivity index (χ0n) is 17.8. The molecule has 1 amide bonds. The summed E-state index contributed by atoms with van der Waals surface area (Å²) in [6.45, 7) is 0. The average Bonchev–Trinajstić information content (AvgIpc) is 3.41. The van der Waals surface area contributed by atoms with Crippen molar-refractivity contribution in [1.82, 2.24) is 21.5 Å². The van der Waals surface area contributed by atoms with Gasteiger partial charge in [0.2, 0.25) is 5.91 Å². The highest BCUT2D eigenvalue weighted by atomic mass is 35.5. The molecule has 4 N–H and O–H groups in total. The molecule has 2 atom stereocenters. The van der Waals surface area contributed by atoms with Crippen molar-refractivity contribution in [3.8, 4) is 0 Å². The summed E-state index contributed by atoms with van der Waals surface area (Å²) in [7, 11) is 0. The predicted octanol–water partition coefficient (Wildman–Crippen LogP) is 3.51. The van der Waals surface area contributed by atoms with E-state index in [2.05, 4.69) is 21.5 Å². The Morgan fingerprint density at radius 2 is 1.63 bits per heavy atom. The molecular weight excluding hydrogens is 405 g/mol. The Morgan fingerprint density at radius 3 is 2.33 bits per heavy atom. The number of hydrogen-bond acceptors (Lipinski definition) is 4. The summed E-state index contributed by atoms with van der Waals surface area (Å²) < 4.78 is 13.4. The molecule has 1 saturated heterocycles. The highest BCUT2D eigenvalue weighted by Gasteiger charge is 2.33. The van der Waals surface area contributed by atoms with Gasteiger partial charge in [0.25, 0.3) is 0 Å². The minimum atomic E-state index is -0.752. The third-order valence-electron chi connectivity index (χ3n) is 7.43. The number of carbonyl (C=O) groups excluding carboxylic acids is 1. The zero-order valence-corrected chi connectivity index (χ0v) is 18.6. The van der Waals surface area contributed by atoms with Gasteiger partial charge in [-0.15, -0.1) is 11.6 Å². The molecule has 0 aromatic rings. The molecular formula is C22H37ClFN5O. The molecule has 0 spiro atoms. The minimum Gasteiger partial charge on any atom is -0.353 e. The second-order valence-corrected chi connectivity index (χ2v) is 10.3. The molecule has 1 aliphatic heterocycles. The number of alkyl halides is 2. The quantitative estimate of drug-likeness (QED) is 0.306. The number of rotatable bonds is 4. The number of nitrogens with one attached hydrogen (secondary N) is 4. The van der Waals surface area contributed by atoms with Crippen LogP contribution in [0.1, 0.15) is 83.5 Å². The highest BCUT2D eigenvalue weighted by molar-refractivity contribution is 6.20. The topological polar surface area (TPSA) is 77.5 Å². The summed E-state index contributed by atoms with van der Waals surface area (Å²) in [5.41, 5.74) is 6.75. The van der Waals surface area contributed by atoms with Crippen LogP contribution in [-0.2, 0) is 4.79 Å². The molecule has 3 aliphatic carbocycles. The van der Waals surface area contributed by atoms with Crippen molar-refractivity contribution >= 4 is 23.5 Å². The summed E-state index contributed by atoms with van der Waals surface area (Å²) in [5, 5.41) is 6.86. The van der Waals surface area contributed by atoms with Crippen molar-refractivity contribution in [3.05, 3.63) is 0 Å². The number of halogens is 2. The summed E-state index contributed by atoms with van der Waals surface area (Å²) >= 11 is 6.26. The second-order valence-electron chi connectivity index (χ2n) is 9.70. The lowest BCUT2D eigenvalue weighted by Gasteiger charge is -2.29. The Labute approximate surface area is 184 Å². The summed E-state index contributed by atoms with van der Waals surface area (Å²) in [5.74, 6) is 1.08. The summed E-state index contributed by atoms with van der Waals surface area (Å²) in [6, 6.07) is 0.765. The lowest BCUT2D eigenvalue weighted by Crippen LogP contribution is -2.48. The van der Waals surface area contributed by atoms with Gasteiger partial charge < -0.3 is 5.32 Å². The van der Waals surface area contributed by atoms with Crippen LogP contribution < -0.4 is 21.5 Å². The summed E-state index contributed by atoms with van der Waals surface area (Å²) in [6.07, 6.45) is 11.5. The molecule has 0 aromatic heterocycles. The molecule has 6 nitrogen and oxygen atoms in total. The van der Waals surface area contributed by atoms with Crippen LogP contribution in [0.2, 0.25) is 0 Å². The fourth-order valence-electron chi connectivity index (χ4n) is 5.50. The van der Waals surface area contributed by atoms with Crippen LogP contribution in [-0.4, -0.2) is 41.7 Å². The number of carbonyl (C=O) groups is 1. The van der Waals surface area contributed by atoms with Crippen molar-refractivity contribution in [2.24, 2.45) is 16.8 Å². The molecule has 0 bridgehead atoms. The minimum absolute atomic E-state index is 0.0194. The van der Waals surface area contributed by atoms with Crippen LogP contribution in [0.15, 0.2) is 4.99 Å². The third-order valence-corrected chi connectivity index (χ3v) is 7.87. The van der Waals surface area contributed by atoms with E-state index >= 15 is 0 Å². The van der Waals surface area contributed by atoms with Crippen LogP contribution in [0.25, 0.3) is 0 Å². The van der Waals surface area contributed by atoms with Crippen LogP contribution in [0.3, 0.4) is 0 Å². The van der Waals surface area contributed by atoms with Gasteiger partial charge in [-0.2, -0.15) is 0 Å². The van der Waals surface area contributed by atoms with Gasteiger partial charge in [-0.1, -0.05) is 12.8 Å². The Kier molecular flexibility index (Phi) is 7.87. The van der Waals surface area contributed by atoms with Gasteiger partial charge >= 0.3 is 0 Å². The van der Waals surface area contributed by atoms with Crippen molar-refractivity contribution in [2.45, 2.75) is 113 Å². The van der Waals surface area contributed by atoms with E-state index in [1.165, 1.54) is 12.8 Å². The molecule has 4 rings (SSSR count). The van der Waals surface area contributed by atoms with E-state index in [0.717, 1.165) is 44.9 Å². The maximum Gasteiger partial charge on any atom is 0.229 e. The number of hydrogen-bond donors (Lipinski definition) is 4. The Bertz CT molecular complexity index is 598. The first-order valence-electron chi connectivity index (χ1n) is 12.0. The number of amides is 1. The SMILES string of the molecule is O=C(N/C(=N\C1CC(C2CCC(Cl)CC2)NN1)NC1CCCC1)C1CCC(F)CC1. The Balaban J connectivity index is 1.35. The average molecular weight is 442 g/mol. The van der Waals surface area contributed by atoms with Crippen molar-refractivity contribution in [1.29, 1.82) is 0 Å². The van der Waals surface area contributed by atoms with Crippen molar-refractivity contribution in [2.75, 3.05) is 0 Å². The van der Waals surface area contributed by atoms with Gasteiger partial charge in [-0.25, -0.2) is 14.8 Å². The first kappa shape index (κ1) is 22.3. The normalized spacial score (nSPS) is 38.5. The van der Waals surface area contributed by atoms with Crippen LogP contribution in [0, 0.1) is 11.8 Å². The van der Waals surface area contributed by atoms with Gasteiger partial charge in [0.05, 0.1) is 0 Å². The van der Waals surface area contributed by atoms with E-state index < -0.39 is 6.17 Å². The van der Waals surface area contributed by atoms with E-state index in [-0.39, 0.29) is 18.0 Å². The fourth-order valence-corrected chi connectivity index (χ4v) is 5.75. The van der Waals surface area contributed by atoms with E-state index in [9.17, 15) is 9.18 Å². The Morgan fingerprint density at radius 1 is 0.933 bits per heavy atom. The van der Waals surface area contributed by atoms with E-state index in [4.69, 9.17) is 16.6 Å².